The van der Waals surface area contributed by atoms with Crippen LogP contribution >= 0.6 is 0 Å². The molecule has 11 nitrogen and oxygen atoms in total. The monoisotopic (exact) mass is 389 g/mol. The molecule has 0 aromatic rings. The predicted octanol–water partition coefficient (Wildman–Crippen LogP) is -1.80. The summed E-state index contributed by atoms with van der Waals surface area (Å²) < 4.78 is 5.35. The molecule has 0 aromatic heterocycles. The van der Waals surface area contributed by atoms with Gasteiger partial charge in [0.05, 0.1) is 19.8 Å². The number of likely N-dealkylation sites (N-methyl/N-ethyl adjacent to an activating group) is 1. The topological polar surface area (TPSA) is 148 Å². The zero-order chi connectivity index (χ0) is 20.4. The lowest BCUT2D eigenvalue weighted by Crippen LogP contribution is -2.50. The van der Waals surface area contributed by atoms with E-state index in [2.05, 4.69) is 11.9 Å². The van der Waals surface area contributed by atoms with Gasteiger partial charge < -0.3 is 29.9 Å². The third-order valence-corrected chi connectivity index (χ3v) is 5.09. The summed E-state index contributed by atoms with van der Waals surface area (Å²) in [7, 11) is 2.06. The second-order valence-electron chi connectivity index (χ2n) is 6.74. The van der Waals surface area contributed by atoms with Gasteiger partial charge in [-0.25, -0.2) is 0 Å². The Hall–Kier alpha value is -2.24. The molecule has 2 atom stereocenters. The maximum atomic E-state index is 12.3. The number of carboxylic acids is 1. The Morgan fingerprint density at radius 1 is 1.15 bits per heavy atom. The minimum atomic E-state index is -0.803. The largest absolute Gasteiger partial charge is 0.483 e. The van der Waals surface area contributed by atoms with Crippen LogP contribution in [0, 0.1) is 11.3 Å². The van der Waals surface area contributed by atoms with Gasteiger partial charge in [0.15, 0.2) is 0 Å². The summed E-state index contributed by atoms with van der Waals surface area (Å²) in [5.74, 6) is -0.667. The van der Waals surface area contributed by atoms with Crippen molar-refractivity contribution >= 4 is 24.8 Å². The van der Waals surface area contributed by atoms with Crippen molar-refractivity contribution in [3.63, 3.8) is 0 Å². The number of fused-ring (bicyclic) bond motifs is 1. The number of nitrogens with zero attached hydrogens (tertiary/aromatic N) is 3. The summed E-state index contributed by atoms with van der Waals surface area (Å²) in [5.41, 5.74) is -0.803. The summed E-state index contributed by atoms with van der Waals surface area (Å²) >= 11 is 0. The second kappa shape index (κ2) is 10.8. The van der Waals surface area contributed by atoms with Crippen LogP contribution in [0.25, 0.3) is 0 Å². The Labute approximate surface area is 157 Å². The fourth-order valence-electron chi connectivity index (χ4n) is 3.61. The smallest absolute Gasteiger partial charge is 0.313 e. The first kappa shape index (κ1) is 22.8. The summed E-state index contributed by atoms with van der Waals surface area (Å²) in [6.45, 7) is 4.99. The van der Waals surface area contributed by atoms with Crippen LogP contribution in [0.4, 0.5) is 0 Å². The van der Waals surface area contributed by atoms with Crippen molar-refractivity contribution in [1.82, 2.24) is 14.7 Å². The Balaban J connectivity index is 0.000000540. The molecule has 0 aromatic carbocycles. The molecule has 0 saturated carbocycles. The summed E-state index contributed by atoms with van der Waals surface area (Å²) in [5, 5.41) is 23.3. The van der Waals surface area contributed by atoms with Crippen LogP contribution in [0.2, 0.25) is 0 Å². The lowest BCUT2D eigenvalue weighted by atomic mass is 9.81. The van der Waals surface area contributed by atoms with Gasteiger partial charge in [-0.15, -0.1) is 0 Å². The molecule has 1 amide bonds. The van der Waals surface area contributed by atoms with Crippen LogP contribution in [-0.4, -0.2) is 121 Å². The highest BCUT2D eigenvalue weighted by atomic mass is 16.5. The van der Waals surface area contributed by atoms with Gasteiger partial charge in [0.1, 0.15) is 5.41 Å². The number of hydrogen-bond donors (Lipinski definition) is 3. The molecule has 3 heterocycles. The standard InChI is InChI=1S/C14H23N3O4.2CH2O2/c1-15-2-4-17(5-3-15)12(18)7-16-6-11-8-21-10-14(11,9-16)13(19)20;2*2-1-3/h11H,2-10H2,1H3,(H,19,20);2*1H,(H,2,3)/t11-,14-;;/m1../s1. The van der Waals surface area contributed by atoms with E-state index in [0.29, 0.717) is 26.2 Å². The molecular weight excluding hydrogens is 362 g/mol. The van der Waals surface area contributed by atoms with Crippen LogP contribution in [-0.2, 0) is 23.9 Å². The molecule has 3 aliphatic heterocycles. The Morgan fingerprint density at radius 2 is 1.70 bits per heavy atom. The second-order valence-corrected chi connectivity index (χ2v) is 6.74. The maximum absolute atomic E-state index is 12.3. The van der Waals surface area contributed by atoms with E-state index in [1.807, 2.05) is 9.80 Å². The summed E-state index contributed by atoms with van der Waals surface area (Å²) in [6, 6.07) is 0. The van der Waals surface area contributed by atoms with Gasteiger partial charge in [-0.1, -0.05) is 0 Å². The highest BCUT2D eigenvalue weighted by Gasteiger charge is 2.56. The summed E-state index contributed by atoms with van der Waals surface area (Å²) in [4.78, 5) is 46.7. The van der Waals surface area contributed by atoms with Crippen LogP contribution in [0.3, 0.4) is 0 Å². The van der Waals surface area contributed by atoms with Crippen molar-refractivity contribution < 1.29 is 39.2 Å². The zero-order valence-electron chi connectivity index (χ0n) is 15.3. The van der Waals surface area contributed by atoms with Crippen molar-refractivity contribution in [2.45, 2.75) is 0 Å². The molecular formula is C16H27N3O8. The fourth-order valence-corrected chi connectivity index (χ4v) is 3.61. The molecule has 154 valence electrons. The quantitative estimate of drug-likeness (QED) is 0.472. The van der Waals surface area contributed by atoms with Crippen LogP contribution in [0.1, 0.15) is 0 Å². The van der Waals surface area contributed by atoms with Gasteiger partial charge in [-0.3, -0.25) is 24.1 Å². The van der Waals surface area contributed by atoms with Crippen LogP contribution in [0.15, 0.2) is 0 Å². The van der Waals surface area contributed by atoms with Crippen molar-refractivity contribution in [1.29, 1.82) is 0 Å². The number of aliphatic carboxylic acids is 1. The van der Waals surface area contributed by atoms with E-state index in [-0.39, 0.29) is 31.4 Å². The molecule has 3 N–H and O–H groups in total. The van der Waals surface area contributed by atoms with Crippen molar-refractivity contribution in [2.75, 3.05) is 66.1 Å². The highest BCUT2D eigenvalue weighted by molar-refractivity contribution is 5.79. The van der Waals surface area contributed by atoms with Gasteiger partial charge >= 0.3 is 5.97 Å². The Morgan fingerprint density at radius 3 is 2.19 bits per heavy atom. The van der Waals surface area contributed by atoms with Crippen molar-refractivity contribution in [3.05, 3.63) is 0 Å². The number of amides is 1. The maximum Gasteiger partial charge on any atom is 0.313 e. The van der Waals surface area contributed by atoms with E-state index in [1.54, 1.807) is 0 Å². The number of carbonyl (C=O) groups excluding carboxylic acids is 1. The van der Waals surface area contributed by atoms with Gasteiger partial charge in [-0.2, -0.15) is 0 Å². The SMILES string of the molecule is CN1CCN(C(=O)CN2C[C@@H]3COC[C@]3(C(=O)O)C2)CC1.O=CO.O=CO. The van der Waals surface area contributed by atoms with Crippen LogP contribution in [0.5, 0.6) is 0 Å². The number of hydrogen-bond acceptors (Lipinski definition) is 7. The highest BCUT2D eigenvalue weighted by Crippen LogP contribution is 2.41. The molecule has 0 aliphatic carbocycles. The van der Waals surface area contributed by atoms with E-state index in [4.69, 9.17) is 24.5 Å². The molecule has 0 radical (unpaired) electrons. The number of piperazine rings is 1. The number of likely N-dealkylation sites (tertiary alicyclic amines) is 1. The Kier molecular flexibility index (Phi) is 9.12. The van der Waals surface area contributed by atoms with Gasteiger partial charge in [0.2, 0.25) is 5.91 Å². The molecule has 3 fully saturated rings. The Bertz CT molecular complexity index is 518. The normalized spacial score (nSPS) is 27.4. The van der Waals surface area contributed by atoms with Crippen molar-refractivity contribution in [3.8, 4) is 0 Å². The molecule has 3 aliphatic rings. The molecule has 3 saturated heterocycles. The van der Waals surface area contributed by atoms with E-state index in [9.17, 15) is 14.7 Å². The first-order valence-corrected chi connectivity index (χ1v) is 8.50. The summed E-state index contributed by atoms with van der Waals surface area (Å²) in [6.07, 6.45) is 0. The third-order valence-electron chi connectivity index (χ3n) is 5.09. The number of rotatable bonds is 3. The molecule has 3 rings (SSSR count). The van der Waals surface area contributed by atoms with E-state index in [0.717, 1.165) is 26.2 Å². The van der Waals surface area contributed by atoms with E-state index < -0.39 is 11.4 Å². The van der Waals surface area contributed by atoms with Gasteiger partial charge in [0.25, 0.3) is 12.9 Å². The average Bonchev–Trinajstić information content (AvgIpc) is 3.15. The first-order valence-electron chi connectivity index (χ1n) is 8.50. The molecule has 27 heavy (non-hydrogen) atoms. The molecule has 0 bridgehead atoms. The van der Waals surface area contributed by atoms with E-state index >= 15 is 0 Å². The molecule has 0 unspecified atom stereocenters. The van der Waals surface area contributed by atoms with Crippen LogP contribution < -0.4 is 0 Å². The molecule has 0 spiro atoms. The van der Waals surface area contributed by atoms with Gasteiger partial charge in [0, 0.05) is 45.2 Å². The third kappa shape index (κ3) is 5.88. The fraction of sp³-hybridized carbons (Fsp3) is 0.750. The van der Waals surface area contributed by atoms with E-state index in [1.165, 1.54) is 0 Å². The number of carbonyl (C=O) groups is 4. The zero-order valence-corrected chi connectivity index (χ0v) is 15.3. The number of carboxylic acid groups (broad SMARTS) is 3. The van der Waals surface area contributed by atoms with Gasteiger partial charge in [-0.05, 0) is 7.05 Å². The molecule has 11 heteroatoms. The minimum absolute atomic E-state index is 0.00953. The average molecular weight is 389 g/mol. The van der Waals surface area contributed by atoms with Crippen molar-refractivity contribution in [2.24, 2.45) is 11.3 Å². The first-order chi connectivity index (χ1) is 12.8. The minimum Gasteiger partial charge on any atom is -0.483 e. The lowest BCUT2D eigenvalue weighted by Gasteiger charge is -2.33. The lowest BCUT2D eigenvalue weighted by molar-refractivity contribution is -0.150. The predicted molar refractivity (Wildman–Crippen MR) is 92.3 cm³/mol. The number of ether oxygens (including phenoxy) is 1.